The van der Waals surface area contributed by atoms with Crippen molar-refractivity contribution in [1.29, 1.82) is 0 Å². The lowest BCUT2D eigenvalue weighted by Gasteiger charge is -2.39. The highest BCUT2D eigenvalue weighted by atomic mass is 35.5. The van der Waals surface area contributed by atoms with E-state index in [1.54, 1.807) is 30.1 Å². The Morgan fingerprint density at radius 2 is 1.80 bits per heavy atom. The fraction of sp³-hybridized carbons (Fsp3) is 0.238. The van der Waals surface area contributed by atoms with Gasteiger partial charge in [-0.05, 0) is 18.2 Å². The number of carbonyl (C=O) groups excluding carboxylic acids is 1. The van der Waals surface area contributed by atoms with Crippen molar-refractivity contribution in [1.82, 2.24) is 19.2 Å². The number of ether oxygens (including phenoxy) is 1. The SMILES string of the molecule is COc1cc(=O)n(C)cc1C(=O)N1CC(n2nc(-c3ccc(Cl)cc3)ccc2=O)C1. The van der Waals surface area contributed by atoms with Gasteiger partial charge in [-0.1, -0.05) is 23.7 Å². The van der Waals surface area contributed by atoms with Crippen LogP contribution in [0.2, 0.25) is 5.02 Å². The molecule has 0 radical (unpaired) electrons. The fourth-order valence-corrected chi connectivity index (χ4v) is 3.48. The van der Waals surface area contributed by atoms with E-state index in [0.29, 0.717) is 29.4 Å². The number of aryl methyl sites for hydroxylation is 1. The topological polar surface area (TPSA) is 86.4 Å². The molecule has 1 aliphatic rings. The summed E-state index contributed by atoms with van der Waals surface area (Å²) in [6.45, 7) is 0.670. The number of nitrogens with zero attached hydrogens (tertiary/aromatic N) is 4. The van der Waals surface area contributed by atoms with Gasteiger partial charge in [0.25, 0.3) is 17.0 Å². The number of hydrogen-bond acceptors (Lipinski definition) is 5. The van der Waals surface area contributed by atoms with E-state index in [0.717, 1.165) is 5.56 Å². The number of rotatable bonds is 4. The number of hydrogen-bond donors (Lipinski definition) is 0. The van der Waals surface area contributed by atoms with E-state index in [-0.39, 0.29) is 28.8 Å². The summed E-state index contributed by atoms with van der Waals surface area (Å²) in [6, 6.07) is 11.4. The van der Waals surface area contributed by atoms with Crippen LogP contribution in [0, 0.1) is 0 Å². The molecule has 1 aliphatic heterocycles. The minimum Gasteiger partial charge on any atom is -0.496 e. The van der Waals surface area contributed by atoms with E-state index < -0.39 is 0 Å². The average Bonchev–Trinajstić information content (AvgIpc) is 2.70. The van der Waals surface area contributed by atoms with Gasteiger partial charge in [0, 0.05) is 49.1 Å². The van der Waals surface area contributed by atoms with Gasteiger partial charge in [-0.2, -0.15) is 5.10 Å². The lowest BCUT2D eigenvalue weighted by Crippen LogP contribution is -2.53. The van der Waals surface area contributed by atoms with Gasteiger partial charge in [-0.25, -0.2) is 4.68 Å². The van der Waals surface area contributed by atoms with Crippen LogP contribution in [0.15, 0.2) is 58.3 Å². The number of pyridine rings is 1. The zero-order valence-corrected chi connectivity index (χ0v) is 17.2. The molecule has 30 heavy (non-hydrogen) atoms. The highest BCUT2D eigenvalue weighted by molar-refractivity contribution is 6.30. The fourth-order valence-electron chi connectivity index (χ4n) is 3.35. The van der Waals surface area contributed by atoms with Crippen molar-refractivity contribution in [2.24, 2.45) is 7.05 Å². The Morgan fingerprint density at radius 3 is 2.47 bits per heavy atom. The Labute approximate surface area is 176 Å². The van der Waals surface area contributed by atoms with Gasteiger partial charge in [-0.15, -0.1) is 0 Å². The van der Waals surface area contributed by atoms with Crippen LogP contribution in [0.25, 0.3) is 11.3 Å². The molecule has 0 aliphatic carbocycles. The summed E-state index contributed by atoms with van der Waals surface area (Å²) in [7, 11) is 2.99. The van der Waals surface area contributed by atoms with E-state index in [9.17, 15) is 14.4 Å². The molecule has 1 fully saturated rings. The van der Waals surface area contributed by atoms with Gasteiger partial charge >= 0.3 is 0 Å². The number of aromatic nitrogens is 3. The molecule has 0 bridgehead atoms. The Morgan fingerprint density at radius 1 is 1.10 bits per heavy atom. The maximum absolute atomic E-state index is 12.9. The minimum absolute atomic E-state index is 0.228. The van der Waals surface area contributed by atoms with Crippen LogP contribution in [-0.4, -0.2) is 45.4 Å². The molecular formula is C21H19ClN4O4. The Hall–Kier alpha value is -3.39. The van der Waals surface area contributed by atoms with E-state index in [1.807, 2.05) is 12.1 Å². The van der Waals surface area contributed by atoms with Crippen molar-refractivity contribution >= 4 is 17.5 Å². The van der Waals surface area contributed by atoms with Crippen molar-refractivity contribution in [2.45, 2.75) is 6.04 Å². The summed E-state index contributed by atoms with van der Waals surface area (Å²) in [4.78, 5) is 38.6. The highest BCUT2D eigenvalue weighted by Crippen LogP contribution is 2.26. The zero-order valence-electron chi connectivity index (χ0n) is 16.4. The van der Waals surface area contributed by atoms with Crippen LogP contribution in [0.5, 0.6) is 5.75 Å². The van der Waals surface area contributed by atoms with Gasteiger partial charge in [0.2, 0.25) is 0 Å². The first-order valence-electron chi connectivity index (χ1n) is 9.27. The molecule has 8 nitrogen and oxygen atoms in total. The number of likely N-dealkylation sites (tertiary alicyclic amines) is 1. The third-order valence-electron chi connectivity index (χ3n) is 5.10. The molecule has 3 aromatic rings. The standard InChI is InChI=1S/C21H19ClN4O4/c1-24-12-16(18(30-2)9-20(24)28)21(29)25-10-15(11-25)26-19(27)8-7-17(23-26)13-3-5-14(22)6-4-13/h3-9,12,15H,10-11H2,1-2H3. The van der Waals surface area contributed by atoms with Crippen LogP contribution in [0.3, 0.4) is 0 Å². The van der Waals surface area contributed by atoms with Gasteiger partial charge < -0.3 is 14.2 Å². The lowest BCUT2D eigenvalue weighted by molar-refractivity contribution is 0.0489. The molecule has 1 aromatic carbocycles. The summed E-state index contributed by atoms with van der Waals surface area (Å²) in [5, 5.41) is 5.09. The predicted octanol–water partition coefficient (Wildman–Crippen LogP) is 1.97. The molecule has 0 spiro atoms. The number of amides is 1. The van der Waals surface area contributed by atoms with Gasteiger partial charge in [0.15, 0.2) is 0 Å². The second-order valence-corrected chi connectivity index (χ2v) is 7.51. The van der Waals surface area contributed by atoms with Crippen LogP contribution in [-0.2, 0) is 7.05 Å². The average molecular weight is 427 g/mol. The Bertz CT molecular complexity index is 1230. The van der Waals surface area contributed by atoms with Crippen molar-refractivity contribution in [3.8, 4) is 17.0 Å². The zero-order chi connectivity index (χ0) is 21.4. The Kier molecular flexibility index (Phi) is 5.17. The second kappa shape index (κ2) is 7.79. The molecule has 154 valence electrons. The first kappa shape index (κ1) is 19.9. The summed E-state index contributed by atoms with van der Waals surface area (Å²) in [5.41, 5.74) is 1.29. The molecular weight excluding hydrogens is 408 g/mol. The van der Waals surface area contributed by atoms with Crippen molar-refractivity contribution in [3.05, 3.63) is 80.0 Å². The third-order valence-corrected chi connectivity index (χ3v) is 5.35. The summed E-state index contributed by atoms with van der Waals surface area (Å²) in [5.74, 6) is -0.0350. The van der Waals surface area contributed by atoms with E-state index in [2.05, 4.69) is 5.10 Å². The minimum atomic E-state index is -0.264. The number of carbonyl (C=O) groups is 1. The third kappa shape index (κ3) is 3.61. The van der Waals surface area contributed by atoms with E-state index in [4.69, 9.17) is 16.3 Å². The molecule has 3 heterocycles. The van der Waals surface area contributed by atoms with Crippen LogP contribution < -0.4 is 15.9 Å². The summed E-state index contributed by atoms with van der Waals surface area (Å²) < 4.78 is 7.92. The monoisotopic (exact) mass is 426 g/mol. The number of halogens is 1. The normalized spacial score (nSPS) is 13.8. The van der Waals surface area contributed by atoms with Crippen LogP contribution >= 0.6 is 11.6 Å². The first-order valence-corrected chi connectivity index (χ1v) is 9.65. The molecule has 1 saturated heterocycles. The van der Waals surface area contributed by atoms with Crippen molar-refractivity contribution in [2.75, 3.05) is 20.2 Å². The van der Waals surface area contributed by atoms with Crippen LogP contribution in [0.1, 0.15) is 16.4 Å². The summed E-state index contributed by atoms with van der Waals surface area (Å²) >= 11 is 5.93. The van der Waals surface area contributed by atoms with Gasteiger partial charge in [0.05, 0.1) is 24.4 Å². The Balaban J connectivity index is 1.55. The molecule has 0 N–H and O–H groups in total. The smallest absolute Gasteiger partial charge is 0.267 e. The molecule has 0 unspecified atom stereocenters. The van der Waals surface area contributed by atoms with Crippen molar-refractivity contribution < 1.29 is 9.53 Å². The quantitative estimate of drug-likeness (QED) is 0.636. The predicted molar refractivity (Wildman–Crippen MR) is 112 cm³/mol. The summed E-state index contributed by atoms with van der Waals surface area (Å²) in [6.07, 6.45) is 1.46. The van der Waals surface area contributed by atoms with Gasteiger partial charge in [0.1, 0.15) is 5.75 Å². The van der Waals surface area contributed by atoms with Crippen molar-refractivity contribution in [3.63, 3.8) is 0 Å². The molecule has 0 saturated carbocycles. The lowest BCUT2D eigenvalue weighted by atomic mass is 10.1. The molecule has 2 aromatic heterocycles. The second-order valence-electron chi connectivity index (χ2n) is 7.08. The molecule has 1 amide bonds. The maximum Gasteiger partial charge on any atom is 0.267 e. The van der Waals surface area contributed by atoms with E-state index >= 15 is 0 Å². The van der Waals surface area contributed by atoms with Gasteiger partial charge in [-0.3, -0.25) is 14.4 Å². The highest BCUT2D eigenvalue weighted by Gasteiger charge is 2.35. The largest absolute Gasteiger partial charge is 0.496 e. The first-order chi connectivity index (χ1) is 14.4. The number of methoxy groups -OCH3 is 1. The van der Waals surface area contributed by atoms with Crippen LogP contribution in [0.4, 0.5) is 0 Å². The molecule has 4 rings (SSSR count). The number of benzene rings is 1. The molecule has 0 atom stereocenters. The molecule has 9 heteroatoms. The van der Waals surface area contributed by atoms with E-state index in [1.165, 1.54) is 34.7 Å². The maximum atomic E-state index is 12.9.